The molecule has 0 aliphatic carbocycles. The summed E-state index contributed by atoms with van der Waals surface area (Å²) in [5, 5.41) is 0. The van der Waals surface area contributed by atoms with E-state index in [-0.39, 0.29) is 0 Å². The van der Waals surface area contributed by atoms with Gasteiger partial charge in [0.2, 0.25) is 0 Å². The Morgan fingerprint density at radius 1 is 1.36 bits per heavy atom. The molecule has 1 aliphatic rings. The predicted molar refractivity (Wildman–Crippen MR) is 89.2 cm³/mol. The van der Waals surface area contributed by atoms with Crippen LogP contribution in [0.25, 0.3) is 10.2 Å². The van der Waals surface area contributed by atoms with Gasteiger partial charge in [0.05, 0.1) is 15.1 Å². The number of fused-ring (bicyclic) bond motifs is 1. The van der Waals surface area contributed by atoms with Gasteiger partial charge in [-0.2, -0.15) is 0 Å². The van der Waals surface area contributed by atoms with Crippen LogP contribution in [0.5, 0.6) is 0 Å². The van der Waals surface area contributed by atoms with E-state index >= 15 is 0 Å². The summed E-state index contributed by atoms with van der Waals surface area (Å²) < 4.78 is 0.955. The Labute approximate surface area is 133 Å². The highest BCUT2D eigenvalue weighted by atomic mass is 32.1. The summed E-state index contributed by atoms with van der Waals surface area (Å²) in [5.41, 5.74) is 11.8. The lowest BCUT2D eigenvalue weighted by Crippen LogP contribution is -2.34. The number of rotatable bonds is 5. The van der Waals surface area contributed by atoms with Crippen LogP contribution in [-0.2, 0) is 0 Å². The van der Waals surface area contributed by atoms with Gasteiger partial charge in [0, 0.05) is 13.1 Å². The molecule has 0 spiro atoms. The predicted octanol–water partition coefficient (Wildman–Crippen LogP) is 1.75. The monoisotopic (exact) mass is 319 g/mol. The van der Waals surface area contributed by atoms with E-state index in [9.17, 15) is 4.79 Å². The molecule has 0 atom stereocenters. The molecule has 0 radical (unpaired) electrons. The average molecular weight is 319 g/mol. The summed E-state index contributed by atoms with van der Waals surface area (Å²) in [6.07, 6.45) is 6.22. The fourth-order valence-corrected chi connectivity index (χ4v) is 4.01. The van der Waals surface area contributed by atoms with Gasteiger partial charge in [0.25, 0.3) is 5.91 Å². The van der Waals surface area contributed by atoms with Gasteiger partial charge < -0.3 is 16.4 Å². The van der Waals surface area contributed by atoms with Crippen molar-refractivity contribution in [3.63, 3.8) is 0 Å². The fraction of sp³-hybridized carbons (Fsp3) is 0.533. The number of nitrogens with two attached hydrogens (primary N) is 2. The van der Waals surface area contributed by atoms with E-state index in [1.54, 1.807) is 12.4 Å². The van der Waals surface area contributed by atoms with Crippen molar-refractivity contribution < 1.29 is 4.79 Å². The van der Waals surface area contributed by atoms with Gasteiger partial charge in [-0.1, -0.05) is 0 Å². The van der Waals surface area contributed by atoms with Gasteiger partial charge in [-0.25, -0.2) is 9.97 Å². The summed E-state index contributed by atoms with van der Waals surface area (Å²) in [7, 11) is 0. The second-order valence-electron chi connectivity index (χ2n) is 5.75. The molecule has 22 heavy (non-hydrogen) atoms. The molecule has 7 heteroatoms. The Morgan fingerprint density at radius 2 is 2.14 bits per heavy atom. The SMILES string of the molecule is NCCCC1CCN(c2ncnc3cc(C(N)=O)sc23)CC1. The van der Waals surface area contributed by atoms with Gasteiger partial charge in [0.15, 0.2) is 0 Å². The summed E-state index contributed by atoms with van der Waals surface area (Å²) in [5.74, 6) is 1.29. The van der Waals surface area contributed by atoms with Gasteiger partial charge in [-0.05, 0) is 44.2 Å². The van der Waals surface area contributed by atoms with E-state index in [2.05, 4.69) is 14.9 Å². The van der Waals surface area contributed by atoms with Crippen molar-refractivity contribution in [3.05, 3.63) is 17.3 Å². The first-order valence-electron chi connectivity index (χ1n) is 7.68. The largest absolute Gasteiger partial charge is 0.365 e. The normalized spacial score (nSPS) is 16.3. The first-order chi connectivity index (χ1) is 10.7. The number of thiophene rings is 1. The molecule has 0 bridgehead atoms. The smallest absolute Gasteiger partial charge is 0.258 e. The molecule has 0 unspecified atom stereocenters. The van der Waals surface area contributed by atoms with Crippen LogP contribution in [0.1, 0.15) is 35.4 Å². The van der Waals surface area contributed by atoms with Crippen molar-refractivity contribution >= 4 is 33.3 Å². The van der Waals surface area contributed by atoms with Crippen LogP contribution in [0.3, 0.4) is 0 Å². The minimum atomic E-state index is -0.408. The molecule has 1 saturated heterocycles. The van der Waals surface area contributed by atoms with E-state index in [1.165, 1.54) is 30.6 Å². The number of carbonyl (C=O) groups excluding carboxylic acids is 1. The minimum Gasteiger partial charge on any atom is -0.365 e. The zero-order valence-corrected chi connectivity index (χ0v) is 13.3. The zero-order valence-electron chi connectivity index (χ0n) is 12.5. The zero-order chi connectivity index (χ0) is 15.5. The Kier molecular flexibility index (Phi) is 4.54. The summed E-state index contributed by atoms with van der Waals surface area (Å²) >= 11 is 1.38. The van der Waals surface area contributed by atoms with Crippen molar-refractivity contribution in [1.29, 1.82) is 0 Å². The van der Waals surface area contributed by atoms with Crippen molar-refractivity contribution in [2.45, 2.75) is 25.7 Å². The van der Waals surface area contributed by atoms with Crippen LogP contribution >= 0.6 is 11.3 Å². The molecule has 0 saturated carbocycles. The topological polar surface area (TPSA) is 98.1 Å². The number of hydrogen-bond acceptors (Lipinski definition) is 6. The second-order valence-corrected chi connectivity index (χ2v) is 6.80. The molecule has 1 amide bonds. The number of piperidine rings is 1. The third-order valence-electron chi connectivity index (χ3n) is 4.27. The fourth-order valence-electron chi connectivity index (χ4n) is 3.03. The molecule has 2 aromatic rings. The van der Waals surface area contributed by atoms with Gasteiger partial charge in [-0.3, -0.25) is 4.79 Å². The Balaban J connectivity index is 1.78. The molecule has 1 fully saturated rings. The number of aromatic nitrogens is 2. The highest BCUT2D eigenvalue weighted by molar-refractivity contribution is 7.21. The minimum absolute atomic E-state index is 0.408. The first kappa shape index (κ1) is 15.2. The highest BCUT2D eigenvalue weighted by Gasteiger charge is 2.22. The Hall–Kier alpha value is -1.73. The van der Waals surface area contributed by atoms with E-state index < -0.39 is 5.91 Å². The number of carbonyl (C=O) groups is 1. The molecule has 2 aromatic heterocycles. The number of primary amides is 1. The maximum atomic E-state index is 11.4. The number of hydrogen-bond donors (Lipinski definition) is 2. The molecule has 118 valence electrons. The van der Waals surface area contributed by atoms with Crippen LogP contribution in [0, 0.1) is 5.92 Å². The maximum absolute atomic E-state index is 11.4. The summed E-state index contributed by atoms with van der Waals surface area (Å²) in [4.78, 5) is 22.9. The van der Waals surface area contributed by atoms with E-state index in [0.29, 0.717) is 4.88 Å². The number of nitrogens with zero attached hydrogens (tertiary/aromatic N) is 3. The van der Waals surface area contributed by atoms with E-state index in [1.807, 2.05) is 0 Å². The number of anilines is 1. The van der Waals surface area contributed by atoms with Crippen LogP contribution in [-0.4, -0.2) is 35.5 Å². The summed E-state index contributed by atoms with van der Waals surface area (Å²) in [6.45, 7) is 2.76. The highest BCUT2D eigenvalue weighted by Crippen LogP contribution is 2.33. The molecule has 6 nitrogen and oxygen atoms in total. The van der Waals surface area contributed by atoms with E-state index in [4.69, 9.17) is 11.5 Å². The van der Waals surface area contributed by atoms with Gasteiger partial charge in [-0.15, -0.1) is 11.3 Å². The standard InChI is InChI=1S/C15H21N5OS/c16-5-1-2-10-3-6-20(7-4-10)15-13-11(18-9-19-15)8-12(22-13)14(17)21/h8-10H,1-7,16H2,(H2,17,21). The Morgan fingerprint density at radius 3 is 2.82 bits per heavy atom. The third kappa shape index (κ3) is 3.05. The third-order valence-corrected chi connectivity index (χ3v) is 5.40. The van der Waals surface area contributed by atoms with E-state index in [0.717, 1.165) is 48.0 Å². The van der Waals surface area contributed by atoms with Crippen molar-refractivity contribution in [1.82, 2.24) is 9.97 Å². The molecule has 3 rings (SSSR count). The molecular weight excluding hydrogens is 298 g/mol. The lowest BCUT2D eigenvalue weighted by Gasteiger charge is -2.32. The number of amides is 1. The van der Waals surface area contributed by atoms with Crippen molar-refractivity contribution in [3.8, 4) is 0 Å². The first-order valence-corrected chi connectivity index (χ1v) is 8.50. The molecule has 3 heterocycles. The molecule has 1 aliphatic heterocycles. The quantitative estimate of drug-likeness (QED) is 0.875. The molecule has 0 aromatic carbocycles. The Bertz CT molecular complexity index is 663. The second kappa shape index (κ2) is 6.58. The molecular formula is C15H21N5OS. The van der Waals surface area contributed by atoms with Crippen LogP contribution in [0.15, 0.2) is 12.4 Å². The summed E-state index contributed by atoms with van der Waals surface area (Å²) in [6, 6.07) is 1.75. The lowest BCUT2D eigenvalue weighted by molar-refractivity contribution is 0.100. The molecule has 4 N–H and O–H groups in total. The van der Waals surface area contributed by atoms with Crippen LogP contribution in [0.4, 0.5) is 5.82 Å². The van der Waals surface area contributed by atoms with Gasteiger partial charge in [0.1, 0.15) is 12.1 Å². The average Bonchev–Trinajstić information content (AvgIpc) is 2.98. The van der Waals surface area contributed by atoms with Crippen molar-refractivity contribution in [2.24, 2.45) is 17.4 Å². The lowest BCUT2D eigenvalue weighted by atomic mass is 9.92. The van der Waals surface area contributed by atoms with Crippen molar-refractivity contribution in [2.75, 3.05) is 24.5 Å². The van der Waals surface area contributed by atoms with Crippen LogP contribution in [0.2, 0.25) is 0 Å². The van der Waals surface area contributed by atoms with Crippen LogP contribution < -0.4 is 16.4 Å². The van der Waals surface area contributed by atoms with Gasteiger partial charge >= 0.3 is 0 Å². The maximum Gasteiger partial charge on any atom is 0.258 e.